The molecule has 2 aliphatic carbocycles. The molecule has 1 heterocycles. The monoisotopic (exact) mass is 340 g/mol. The fourth-order valence-electron chi connectivity index (χ4n) is 2.91. The van der Waals surface area contributed by atoms with Gasteiger partial charge >= 0.3 is 5.97 Å². The number of anilines is 1. The van der Waals surface area contributed by atoms with Crippen LogP contribution in [0.2, 0.25) is 0 Å². The number of carbonyl (C=O) groups excluding carboxylic acids is 1. The molecule has 1 unspecified atom stereocenters. The van der Waals surface area contributed by atoms with E-state index in [2.05, 4.69) is 29.6 Å². The minimum atomic E-state index is -1.19. The van der Waals surface area contributed by atoms with E-state index in [0.29, 0.717) is 18.8 Å². The highest BCUT2D eigenvalue weighted by Crippen LogP contribution is 2.29. The number of nitrogens with one attached hydrogen (secondary N) is 1. The van der Waals surface area contributed by atoms with Crippen LogP contribution in [0, 0.1) is 0 Å². The zero-order valence-electron chi connectivity index (χ0n) is 13.9. The molecule has 0 spiro atoms. The van der Waals surface area contributed by atoms with E-state index >= 15 is 0 Å². The van der Waals surface area contributed by atoms with Crippen molar-refractivity contribution in [3.8, 4) is 16.9 Å². The van der Waals surface area contributed by atoms with E-state index in [0.717, 1.165) is 6.54 Å². The largest absolute Gasteiger partial charge is 0.507 e. The highest BCUT2D eigenvalue weighted by atomic mass is 16.4. The van der Waals surface area contributed by atoms with Gasteiger partial charge in [0.2, 0.25) is 0 Å². The molecule has 3 aliphatic rings. The van der Waals surface area contributed by atoms with Crippen molar-refractivity contribution in [2.75, 3.05) is 24.5 Å². The van der Waals surface area contributed by atoms with Crippen LogP contribution < -0.4 is 10.2 Å². The minimum Gasteiger partial charge on any atom is -0.507 e. The quantitative estimate of drug-likeness (QED) is 0.677. The molecular weight excluding hydrogens is 320 g/mol. The summed E-state index contributed by atoms with van der Waals surface area (Å²) in [6.07, 6.45) is 0. The molecule has 0 bridgehead atoms. The molecule has 1 fully saturated rings. The number of nitrogens with zero attached hydrogens (tertiary/aromatic N) is 1. The van der Waals surface area contributed by atoms with Gasteiger partial charge in [0.1, 0.15) is 11.3 Å². The van der Waals surface area contributed by atoms with Crippen molar-refractivity contribution < 1.29 is 19.8 Å². The molecule has 4 rings (SSSR count). The van der Waals surface area contributed by atoms with Gasteiger partial charge in [0, 0.05) is 25.3 Å². The van der Waals surface area contributed by atoms with Crippen molar-refractivity contribution in [1.82, 2.24) is 5.32 Å². The summed E-state index contributed by atoms with van der Waals surface area (Å²) in [6, 6.07) is 12.6. The lowest BCUT2D eigenvalue weighted by atomic mass is 9.95. The summed E-state index contributed by atoms with van der Waals surface area (Å²) in [7, 11) is 0. The molecule has 0 amide bonds. The predicted octanol–water partition coefficient (Wildman–Crippen LogP) is 2.12. The average molecular weight is 340 g/mol. The first-order valence-corrected chi connectivity index (χ1v) is 8.12. The van der Waals surface area contributed by atoms with Gasteiger partial charge in [-0.1, -0.05) is 24.3 Å². The second kappa shape index (κ2) is 6.94. The zero-order valence-corrected chi connectivity index (χ0v) is 13.9. The summed E-state index contributed by atoms with van der Waals surface area (Å²) in [5.41, 5.74) is 3.33. The number of phenols is 1. The number of ketones is 1. The van der Waals surface area contributed by atoms with Gasteiger partial charge in [0.25, 0.3) is 0 Å². The number of rotatable bonds is 3. The first-order valence-electron chi connectivity index (χ1n) is 8.12. The topological polar surface area (TPSA) is 89.9 Å². The van der Waals surface area contributed by atoms with E-state index in [1.165, 1.54) is 30.2 Å². The molecule has 0 radical (unpaired) electrons. The molecule has 0 aromatic heterocycles. The number of Topliss-reactive ketones (excluding diaryl/α,β-unsaturated/α-hetero) is 1. The highest BCUT2D eigenvalue weighted by molar-refractivity contribution is 5.92. The minimum absolute atomic E-state index is 0.0251. The van der Waals surface area contributed by atoms with Crippen LogP contribution in [0.15, 0.2) is 42.5 Å². The van der Waals surface area contributed by atoms with Crippen LogP contribution in [0.5, 0.6) is 5.75 Å². The Morgan fingerprint density at radius 3 is 2.24 bits per heavy atom. The Morgan fingerprint density at radius 1 is 1.12 bits per heavy atom. The Hall–Kier alpha value is -2.86. The lowest BCUT2D eigenvalue weighted by Crippen LogP contribution is -2.54. The van der Waals surface area contributed by atoms with Gasteiger partial charge in [-0.05, 0) is 36.2 Å². The Bertz CT molecular complexity index is 781. The molecule has 6 nitrogen and oxygen atoms in total. The third-order valence-corrected chi connectivity index (χ3v) is 4.47. The van der Waals surface area contributed by atoms with Crippen molar-refractivity contribution in [1.29, 1.82) is 0 Å². The molecule has 1 aromatic rings. The van der Waals surface area contributed by atoms with Crippen molar-refractivity contribution in [2.24, 2.45) is 0 Å². The van der Waals surface area contributed by atoms with Crippen LogP contribution >= 0.6 is 0 Å². The zero-order chi connectivity index (χ0) is 18.0. The lowest BCUT2D eigenvalue weighted by molar-refractivity contribution is -0.118. The van der Waals surface area contributed by atoms with Crippen molar-refractivity contribution in [3.05, 3.63) is 48.0 Å². The molecule has 0 saturated carbocycles. The molecule has 1 saturated heterocycles. The van der Waals surface area contributed by atoms with Crippen LogP contribution in [0.25, 0.3) is 11.1 Å². The van der Waals surface area contributed by atoms with Crippen molar-refractivity contribution in [3.63, 3.8) is 0 Å². The summed E-state index contributed by atoms with van der Waals surface area (Å²) < 4.78 is 0. The van der Waals surface area contributed by atoms with Gasteiger partial charge in [-0.15, -0.1) is 0 Å². The van der Waals surface area contributed by atoms with Crippen LogP contribution in [-0.4, -0.2) is 47.6 Å². The number of benzene rings is 2. The second-order valence-electron chi connectivity index (χ2n) is 6.11. The molecule has 25 heavy (non-hydrogen) atoms. The summed E-state index contributed by atoms with van der Waals surface area (Å²) in [5.74, 6) is -1.43. The van der Waals surface area contributed by atoms with E-state index in [-0.39, 0.29) is 23.1 Å². The van der Waals surface area contributed by atoms with E-state index in [9.17, 15) is 14.7 Å². The normalized spacial score (nSPS) is 17.3. The predicted molar refractivity (Wildman–Crippen MR) is 95.2 cm³/mol. The third kappa shape index (κ3) is 3.49. The number of fused-ring (bicyclic) bond motifs is 1. The molecular formula is C19H20N2O4. The summed E-state index contributed by atoms with van der Waals surface area (Å²) in [6.45, 7) is 3.41. The number of carboxylic acids is 1. The molecule has 3 N–H and O–H groups in total. The maximum atomic E-state index is 11.6. The van der Waals surface area contributed by atoms with Gasteiger partial charge < -0.3 is 20.4 Å². The molecule has 1 atom stereocenters. The van der Waals surface area contributed by atoms with Gasteiger partial charge in [-0.3, -0.25) is 4.79 Å². The third-order valence-electron chi connectivity index (χ3n) is 4.47. The fourth-order valence-corrected chi connectivity index (χ4v) is 2.91. The SMILES string of the molecule is CC(=O)C1CNCCN1c1ccc(O)c(C(=O)O)c1.c1cc2ccc1-2. The van der Waals surface area contributed by atoms with Gasteiger partial charge in [-0.25, -0.2) is 4.79 Å². The highest BCUT2D eigenvalue weighted by Gasteiger charge is 2.27. The van der Waals surface area contributed by atoms with Crippen molar-refractivity contribution >= 4 is 17.4 Å². The summed E-state index contributed by atoms with van der Waals surface area (Å²) in [5, 5.41) is 21.6. The molecule has 6 heteroatoms. The Kier molecular flexibility index (Phi) is 4.72. The first-order chi connectivity index (χ1) is 12.0. The van der Waals surface area contributed by atoms with Gasteiger partial charge in [0.15, 0.2) is 5.78 Å². The number of aromatic carboxylic acids is 1. The maximum Gasteiger partial charge on any atom is 0.339 e. The first kappa shape index (κ1) is 17.0. The van der Waals surface area contributed by atoms with E-state index in [1.807, 2.05) is 4.90 Å². The fraction of sp³-hybridized carbons (Fsp3) is 0.263. The lowest BCUT2D eigenvalue weighted by Gasteiger charge is -2.36. The van der Waals surface area contributed by atoms with E-state index in [1.54, 1.807) is 6.07 Å². The molecule has 1 aromatic carbocycles. The Morgan fingerprint density at radius 2 is 1.76 bits per heavy atom. The van der Waals surface area contributed by atoms with Crippen LogP contribution in [0.1, 0.15) is 17.3 Å². The Labute approximate surface area is 145 Å². The summed E-state index contributed by atoms with van der Waals surface area (Å²) in [4.78, 5) is 24.5. The second-order valence-corrected chi connectivity index (χ2v) is 6.11. The van der Waals surface area contributed by atoms with Gasteiger partial charge in [0.05, 0.1) is 6.04 Å². The number of carbonyl (C=O) groups is 2. The Balaban J connectivity index is 0.000000250. The smallest absolute Gasteiger partial charge is 0.339 e. The van der Waals surface area contributed by atoms with Crippen LogP contribution in [0.4, 0.5) is 5.69 Å². The van der Waals surface area contributed by atoms with Crippen LogP contribution in [0.3, 0.4) is 0 Å². The van der Waals surface area contributed by atoms with E-state index in [4.69, 9.17) is 5.11 Å². The molecule has 130 valence electrons. The number of aromatic hydroxyl groups is 1. The number of hydrogen-bond acceptors (Lipinski definition) is 5. The number of hydrogen-bond donors (Lipinski definition) is 3. The molecule has 1 aliphatic heterocycles. The average Bonchev–Trinajstić information content (AvgIpc) is 2.58. The number of carboxylic acid groups (broad SMARTS) is 1. The standard InChI is InChI=1S/C13H16N2O4.C6H4/c1-8(16)11-7-14-4-5-15(11)9-2-3-12(17)10(6-9)13(18)19;1-2-6-4-3-5(1)6/h2-3,6,11,14,17H,4-5,7H2,1H3,(H,18,19);1-4H. The van der Waals surface area contributed by atoms with E-state index < -0.39 is 5.97 Å². The van der Waals surface area contributed by atoms with Crippen LogP contribution in [-0.2, 0) is 4.79 Å². The van der Waals surface area contributed by atoms with Gasteiger partial charge in [-0.2, -0.15) is 0 Å². The number of piperazine rings is 1. The summed E-state index contributed by atoms with van der Waals surface area (Å²) >= 11 is 0. The maximum absolute atomic E-state index is 11.6. The van der Waals surface area contributed by atoms with Crippen molar-refractivity contribution in [2.45, 2.75) is 13.0 Å².